The van der Waals surface area contributed by atoms with Crippen LogP contribution in [0.3, 0.4) is 0 Å². The van der Waals surface area contributed by atoms with Gasteiger partial charge in [-0.1, -0.05) is 47.5 Å². The van der Waals surface area contributed by atoms with E-state index in [0.29, 0.717) is 16.4 Å². The number of carbonyl (C=O) groups excluding carboxylic acids is 3. The van der Waals surface area contributed by atoms with Crippen LogP contribution in [0.4, 0.5) is 10.8 Å². The molecule has 1 unspecified atom stereocenters. The number of benzene rings is 2. The third kappa shape index (κ3) is 7.48. The average molecular weight is 493 g/mol. The molecule has 0 saturated carbocycles. The summed E-state index contributed by atoms with van der Waals surface area (Å²) < 4.78 is 0. The minimum Gasteiger partial charge on any atom is -0.349 e. The number of rotatable bonds is 8. The number of nitrogens with zero attached hydrogens (tertiary/aromatic N) is 2. The number of amides is 3. The van der Waals surface area contributed by atoms with Gasteiger partial charge in [0.05, 0.1) is 0 Å². The van der Waals surface area contributed by atoms with Crippen molar-refractivity contribution in [2.75, 3.05) is 10.2 Å². The van der Waals surface area contributed by atoms with E-state index in [1.807, 2.05) is 83.1 Å². The summed E-state index contributed by atoms with van der Waals surface area (Å²) in [6, 6.07) is 14.1. The predicted molar refractivity (Wildman–Crippen MR) is 140 cm³/mol. The van der Waals surface area contributed by atoms with Gasteiger partial charge in [-0.05, 0) is 52.3 Å². The van der Waals surface area contributed by atoms with Crippen LogP contribution in [0.5, 0.6) is 0 Å². The van der Waals surface area contributed by atoms with Crippen LogP contribution in [0.1, 0.15) is 56.3 Å². The molecule has 1 atom stereocenters. The van der Waals surface area contributed by atoms with E-state index in [1.54, 1.807) is 11.6 Å². The molecule has 184 valence electrons. The highest BCUT2D eigenvalue weighted by molar-refractivity contribution is 7.13. The second-order valence-electron chi connectivity index (χ2n) is 9.54. The molecule has 0 radical (unpaired) electrons. The van der Waals surface area contributed by atoms with E-state index >= 15 is 0 Å². The van der Waals surface area contributed by atoms with Gasteiger partial charge >= 0.3 is 0 Å². The van der Waals surface area contributed by atoms with Gasteiger partial charge in [-0.2, -0.15) is 0 Å². The second-order valence-corrected chi connectivity index (χ2v) is 10.4. The minimum atomic E-state index is -0.896. The van der Waals surface area contributed by atoms with Crippen LogP contribution in [0.25, 0.3) is 0 Å². The standard InChI is InChI=1S/C27H32N4O3S/c1-18-6-10-20(11-7-18)24(25(34)30-27(3,4)5)31(21-12-8-19(2)9-13-21)23(33)15-14-22(32)29-26-28-16-17-35-26/h6-13,16-17,24H,14-15H2,1-5H3,(H,30,34)(H,28,29,32). The molecule has 1 heterocycles. The topological polar surface area (TPSA) is 91.4 Å². The summed E-state index contributed by atoms with van der Waals surface area (Å²) in [6.07, 6.45) is 1.52. The molecule has 8 heteroatoms. The third-order valence-corrected chi connectivity index (χ3v) is 5.91. The van der Waals surface area contributed by atoms with Crippen molar-refractivity contribution in [1.82, 2.24) is 10.3 Å². The number of thiazole rings is 1. The molecule has 0 aliphatic carbocycles. The number of aromatic nitrogens is 1. The Hall–Kier alpha value is -3.52. The van der Waals surface area contributed by atoms with Crippen molar-refractivity contribution in [2.24, 2.45) is 0 Å². The molecule has 3 aromatic rings. The summed E-state index contributed by atoms with van der Waals surface area (Å²) in [4.78, 5) is 45.2. The molecule has 0 aliphatic heterocycles. The molecule has 0 bridgehead atoms. The van der Waals surface area contributed by atoms with Crippen LogP contribution in [-0.2, 0) is 14.4 Å². The van der Waals surface area contributed by atoms with Crippen molar-refractivity contribution in [1.29, 1.82) is 0 Å². The molecule has 0 aliphatic rings. The van der Waals surface area contributed by atoms with Gasteiger partial charge in [-0.3, -0.25) is 19.3 Å². The van der Waals surface area contributed by atoms with E-state index in [1.165, 1.54) is 16.2 Å². The van der Waals surface area contributed by atoms with Crippen LogP contribution in [0.15, 0.2) is 60.1 Å². The molecular weight excluding hydrogens is 460 g/mol. The Kier molecular flexibility index (Phi) is 8.40. The van der Waals surface area contributed by atoms with E-state index in [0.717, 1.165) is 11.1 Å². The molecule has 7 nitrogen and oxygen atoms in total. The van der Waals surface area contributed by atoms with Gasteiger partial charge in [0.1, 0.15) is 6.04 Å². The Morgan fingerprint density at radius 3 is 2.09 bits per heavy atom. The monoisotopic (exact) mass is 492 g/mol. The summed E-state index contributed by atoms with van der Waals surface area (Å²) in [7, 11) is 0. The summed E-state index contributed by atoms with van der Waals surface area (Å²) in [5.74, 6) is -0.913. The lowest BCUT2D eigenvalue weighted by Crippen LogP contribution is -2.49. The largest absolute Gasteiger partial charge is 0.349 e. The van der Waals surface area contributed by atoms with Crippen molar-refractivity contribution in [2.45, 2.75) is 59.0 Å². The fourth-order valence-corrected chi connectivity index (χ4v) is 4.10. The molecule has 2 aromatic carbocycles. The molecule has 35 heavy (non-hydrogen) atoms. The first-order valence-corrected chi connectivity index (χ1v) is 12.4. The van der Waals surface area contributed by atoms with Crippen molar-refractivity contribution < 1.29 is 14.4 Å². The summed E-state index contributed by atoms with van der Waals surface area (Å²) in [5.41, 5.74) is 2.88. The number of anilines is 2. The molecule has 1 aromatic heterocycles. The van der Waals surface area contributed by atoms with Crippen LogP contribution in [0, 0.1) is 13.8 Å². The number of hydrogen-bond acceptors (Lipinski definition) is 5. The fraction of sp³-hybridized carbons (Fsp3) is 0.333. The summed E-state index contributed by atoms with van der Waals surface area (Å²) >= 11 is 1.31. The van der Waals surface area contributed by atoms with E-state index in [4.69, 9.17) is 0 Å². The highest BCUT2D eigenvalue weighted by Crippen LogP contribution is 2.30. The Morgan fingerprint density at radius 2 is 1.54 bits per heavy atom. The average Bonchev–Trinajstić information content (AvgIpc) is 3.29. The maximum absolute atomic E-state index is 13.6. The zero-order chi connectivity index (χ0) is 25.6. The van der Waals surface area contributed by atoms with Gasteiger partial charge in [0.25, 0.3) is 0 Å². The second kappa shape index (κ2) is 11.3. The molecule has 0 saturated heterocycles. The maximum Gasteiger partial charge on any atom is 0.248 e. The lowest BCUT2D eigenvalue weighted by atomic mass is 9.99. The van der Waals surface area contributed by atoms with Gasteiger partial charge in [0, 0.05) is 35.6 Å². The number of hydrogen-bond donors (Lipinski definition) is 2. The smallest absolute Gasteiger partial charge is 0.248 e. The normalized spacial score (nSPS) is 12.0. The molecule has 0 spiro atoms. The zero-order valence-corrected chi connectivity index (χ0v) is 21.6. The van der Waals surface area contributed by atoms with Gasteiger partial charge in [0.2, 0.25) is 17.7 Å². The lowest BCUT2D eigenvalue weighted by molar-refractivity contribution is -0.128. The Bertz CT molecular complexity index is 1150. The minimum absolute atomic E-state index is 0.0255. The SMILES string of the molecule is Cc1ccc(C(C(=O)NC(C)(C)C)N(C(=O)CCC(=O)Nc2nccs2)c2ccc(C)cc2)cc1. The summed E-state index contributed by atoms with van der Waals surface area (Å²) in [6.45, 7) is 9.63. The Balaban J connectivity index is 1.95. The van der Waals surface area contributed by atoms with Crippen molar-refractivity contribution in [3.8, 4) is 0 Å². The van der Waals surface area contributed by atoms with Crippen LogP contribution < -0.4 is 15.5 Å². The summed E-state index contributed by atoms with van der Waals surface area (Å²) in [5, 5.41) is 7.98. The first kappa shape index (κ1) is 26.1. The molecule has 2 N–H and O–H groups in total. The predicted octanol–water partition coefficient (Wildman–Crippen LogP) is 5.17. The number of carbonyl (C=O) groups is 3. The van der Waals surface area contributed by atoms with Crippen LogP contribution in [0.2, 0.25) is 0 Å². The third-order valence-electron chi connectivity index (χ3n) is 5.22. The first-order chi connectivity index (χ1) is 16.5. The Morgan fingerprint density at radius 1 is 0.943 bits per heavy atom. The molecule has 0 fully saturated rings. The maximum atomic E-state index is 13.6. The number of aryl methyl sites for hydroxylation is 2. The lowest BCUT2D eigenvalue weighted by Gasteiger charge is -2.34. The highest BCUT2D eigenvalue weighted by atomic mass is 32.1. The molecule has 3 rings (SSSR count). The van der Waals surface area contributed by atoms with Crippen LogP contribution >= 0.6 is 11.3 Å². The Labute approximate surface area is 210 Å². The molecule has 3 amide bonds. The zero-order valence-electron chi connectivity index (χ0n) is 20.8. The van der Waals surface area contributed by atoms with Crippen molar-refractivity contribution in [3.05, 3.63) is 76.8 Å². The quantitative estimate of drug-likeness (QED) is 0.454. The van der Waals surface area contributed by atoms with E-state index in [9.17, 15) is 14.4 Å². The molecular formula is C27H32N4O3S. The van der Waals surface area contributed by atoms with Gasteiger partial charge in [-0.15, -0.1) is 11.3 Å². The van der Waals surface area contributed by atoms with Gasteiger partial charge < -0.3 is 10.6 Å². The van der Waals surface area contributed by atoms with Gasteiger partial charge in [0.15, 0.2) is 5.13 Å². The van der Waals surface area contributed by atoms with Gasteiger partial charge in [-0.25, -0.2) is 4.98 Å². The van der Waals surface area contributed by atoms with Crippen molar-refractivity contribution in [3.63, 3.8) is 0 Å². The number of nitrogens with one attached hydrogen (secondary N) is 2. The van der Waals surface area contributed by atoms with Crippen molar-refractivity contribution >= 4 is 39.9 Å². The highest BCUT2D eigenvalue weighted by Gasteiger charge is 2.34. The van der Waals surface area contributed by atoms with E-state index in [2.05, 4.69) is 15.6 Å². The first-order valence-electron chi connectivity index (χ1n) is 11.5. The van der Waals surface area contributed by atoms with Crippen LogP contribution in [-0.4, -0.2) is 28.2 Å². The fourth-order valence-electron chi connectivity index (χ4n) is 3.55. The van der Waals surface area contributed by atoms with E-state index < -0.39 is 11.6 Å². The van der Waals surface area contributed by atoms with E-state index in [-0.39, 0.29) is 30.6 Å².